The molecule has 3 aliphatic rings. The highest BCUT2D eigenvalue weighted by Gasteiger charge is 2.34. The number of hydrogen-bond acceptors (Lipinski definition) is 7. The van der Waals surface area contributed by atoms with Crippen LogP contribution in [0.15, 0.2) is 27.5 Å². The lowest BCUT2D eigenvalue weighted by molar-refractivity contribution is -0.129. The third-order valence-electron chi connectivity index (χ3n) is 4.29. The Morgan fingerprint density at radius 1 is 1.38 bits per heavy atom. The molecule has 0 spiro atoms. The molecule has 1 aromatic rings. The maximum atomic E-state index is 12.3. The molecule has 26 heavy (non-hydrogen) atoms. The number of fused-ring (bicyclic) bond motifs is 3. The van der Waals surface area contributed by atoms with Gasteiger partial charge in [-0.3, -0.25) is 4.79 Å². The number of ether oxygens (including phenoxy) is 1. The SMILES string of the molecule is C[C@H](OC(=O)c1ccc2c(c1)SC1=NS(=O)(=O)CCN12)C(=O)NC1CC1. The molecule has 1 aromatic carbocycles. The molecular formula is C16H17N3O5S2. The first-order valence-corrected chi connectivity index (χ1v) is 10.7. The summed E-state index contributed by atoms with van der Waals surface area (Å²) in [6.07, 6.45) is 1.06. The molecule has 1 N–H and O–H groups in total. The van der Waals surface area contributed by atoms with E-state index < -0.39 is 22.1 Å². The van der Waals surface area contributed by atoms with Gasteiger partial charge in [-0.1, -0.05) is 0 Å². The van der Waals surface area contributed by atoms with Gasteiger partial charge in [0.15, 0.2) is 11.3 Å². The van der Waals surface area contributed by atoms with E-state index in [1.807, 2.05) is 4.90 Å². The maximum Gasteiger partial charge on any atom is 0.338 e. The van der Waals surface area contributed by atoms with Crippen molar-refractivity contribution in [1.82, 2.24) is 5.32 Å². The van der Waals surface area contributed by atoms with Gasteiger partial charge >= 0.3 is 5.97 Å². The number of esters is 1. The van der Waals surface area contributed by atoms with Crippen molar-refractivity contribution in [2.75, 3.05) is 17.2 Å². The lowest BCUT2D eigenvalue weighted by atomic mass is 10.2. The molecule has 1 aliphatic carbocycles. The Bertz CT molecular complexity index is 924. The summed E-state index contributed by atoms with van der Waals surface area (Å²) in [7, 11) is -3.42. The van der Waals surface area contributed by atoms with Gasteiger partial charge < -0.3 is 15.0 Å². The van der Waals surface area contributed by atoms with E-state index >= 15 is 0 Å². The van der Waals surface area contributed by atoms with Gasteiger partial charge in [-0.2, -0.15) is 0 Å². The molecule has 8 nitrogen and oxygen atoms in total. The van der Waals surface area contributed by atoms with Crippen LogP contribution in [0.5, 0.6) is 0 Å². The van der Waals surface area contributed by atoms with Gasteiger partial charge in [0.1, 0.15) is 0 Å². The van der Waals surface area contributed by atoms with Crippen LogP contribution < -0.4 is 10.2 Å². The number of thioether (sulfide) groups is 1. The second-order valence-electron chi connectivity index (χ2n) is 6.43. The minimum Gasteiger partial charge on any atom is -0.449 e. The zero-order valence-electron chi connectivity index (χ0n) is 14.0. The normalized spacial score (nSPS) is 21.3. The molecule has 2 aliphatic heterocycles. The molecule has 0 aromatic heterocycles. The molecule has 4 rings (SSSR count). The van der Waals surface area contributed by atoms with Crippen molar-refractivity contribution < 1.29 is 22.7 Å². The lowest BCUT2D eigenvalue weighted by Gasteiger charge is -2.22. The topological polar surface area (TPSA) is 105 Å². The number of hydrogen-bond donors (Lipinski definition) is 1. The summed E-state index contributed by atoms with van der Waals surface area (Å²) in [6.45, 7) is 1.88. The van der Waals surface area contributed by atoms with E-state index in [-0.39, 0.29) is 17.7 Å². The van der Waals surface area contributed by atoms with Crippen molar-refractivity contribution in [3.8, 4) is 0 Å². The van der Waals surface area contributed by atoms with E-state index in [9.17, 15) is 18.0 Å². The number of benzene rings is 1. The Kier molecular flexibility index (Phi) is 4.19. The third kappa shape index (κ3) is 3.43. The second-order valence-corrected chi connectivity index (χ2v) is 9.19. The predicted octanol–water partition coefficient (Wildman–Crippen LogP) is 1.12. The van der Waals surface area contributed by atoms with Gasteiger partial charge in [0.25, 0.3) is 15.9 Å². The van der Waals surface area contributed by atoms with Gasteiger partial charge in [-0.15, -0.1) is 4.40 Å². The number of sulfonamides is 1. The molecule has 1 fully saturated rings. The number of rotatable bonds is 4. The average molecular weight is 395 g/mol. The van der Waals surface area contributed by atoms with Crippen LogP contribution in [0.25, 0.3) is 0 Å². The molecule has 10 heteroatoms. The molecule has 1 amide bonds. The Morgan fingerprint density at radius 2 is 2.15 bits per heavy atom. The maximum absolute atomic E-state index is 12.3. The quantitative estimate of drug-likeness (QED) is 0.762. The smallest absolute Gasteiger partial charge is 0.338 e. The fraction of sp³-hybridized carbons (Fsp3) is 0.438. The molecule has 0 radical (unpaired) electrons. The molecule has 138 valence electrons. The highest BCUT2D eigenvalue weighted by atomic mass is 32.2. The minimum absolute atomic E-state index is 0.0338. The fourth-order valence-electron chi connectivity index (χ4n) is 2.69. The van der Waals surface area contributed by atoms with Crippen LogP contribution in [0.3, 0.4) is 0 Å². The highest BCUT2D eigenvalue weighted by molar-refractivity contribution is 8.15. The molecule has 1 atom stereocenters. The first-order chi connectivity index (χ1) is 12.3. The van der Waals surface area contributed by atoms with Crippen LogP contribution in [0.1, 0.15) is 30.1 Å². The van der Waals surface area contributed by atoms with Gasteiger partial charge in [0.05, 0.1) is 17.0 Å². The summed E-state index contributed by atoms with van der Waals surface area (Å²) >= 11 is 1.21. The molecule has 1 saturated carbocycles. The summed E-state index contributed by atoms with van der Waals surface area (Å²) < 4.78 is 32.3. The Morgan fingerprint density at radius 3 is 2.88 bits per heavy atom. The van der Waals surface area contributed by atoms with Crippen LogP contribution in [0.2, 0.25) is 0 Å². The Balaban J connectivity index is 1.48. The molecule has 0 bridgehead atoms. The van der Waals surface area contributed by atoms with Gasteiger partial charge in [0, 0.05) is 17.5 Å². The van der Waals surface area contributed by atoms with E-state index in [4.69, 9.17) is 4.74 Å². The second kappa shape index (κ2) is 6.27. The number of nitrogens with zero attached hydrogens (tertiary/aromatic N) is 2. The number of carbonyl (C=O) groups is 2. The van der Waals surface area contributed by atoms with E-state index in [2.05, 4.69) is 9.71 Å². The number of amidine groups is 1. The number of nitrogens with one attached hydrogen (secondary N) is 1. The number of anilines is 1. The summed E-state index contributed by atoms with van der Waals surface area (Å²) in [6, 6.07) is 5.20. The summed E-state index contributed by atoms with van der Waals surface area (Å²) in [5.74, 6) is -0.923. The average Bonchev–Trinajstić information content (AvgIpc) is 3.32. The van der Waals surface area contributed by atoms with Crippen LogP contribution >= 0.6 is 11.8 Å². The van der Waals surface area contributed by atoms with Crippen LogP contribution in [-0.4, -0.2) is 49.9 Å². The first kappa shape index (κ1) is 17.3. The zero-order valence-corrected chi connectivity index (χ0v) is 15.6. The Labute approximate surface area is 155 Å². The van der Waals surface area contributed by atoms with Crippen molar-refractivity contribution in [2.45, 2.75) is 36.8 Å². The zero-order chi connectivity index (χ0) is 18.5. The van der Waals surface area contributed by atoms with E-state index in [0.717, 1.165) is 23.4 Å². The van der Waals surface area contributed by atoms with Crippen molar-refractivity contribution in [2.24, 2.45) is 4.40 Å². The number of carbonyl (C=O) groups excluding carboxylic acids is 2. The van der Waals surface area contributed by atoms with Crippen molar-refractivity contribution in [3.63, 3.8) is 0 Å². The van der Waals surface area contributed by atoms with Crippen molar-refractivity contribution in [3.05, 3.63) is 23.8 Å². The summed E-state index contributed by atoms with van der Waals surface area (Å²) in [4.78, 5) is 26.8. The summed E-state index contributed by atoms with van der Waals surface area (Å²) in [5, 5.41) is 3.19. The highest BCUT2D eigenvalue weighted by Crippen LogP contribution is 2.42. The van der Waals surface area contributed by atoms with E-state index in [0.29, 0.717) is 17.3 Å². The molecule has 0 unspecified atom stereocenters. The standard InChI is InChI=1S/C16H17N3O5S2/c1-9(14(20)17-11-3-4-11)24-15(21)10-2-5-12-13(8-10)25-16-18-26(22,23)7-6-19(12)16/h2,5,8-9,11H,3-4,6-7H2,1H3,(H,17,20)/t9-/m0/s1. The first-order valence-electron chi connectivity index (χ1n) is 8.26. The predicted molar refractivity (Wildman–Crippen MR) is 96.9 cm³/mol. The van der Waals surface area contributed by atoms with E-state index in [1.165, 1.54) is 18.7 Å². The van der Waals surface area contributed by atoms with Crippen LogP contribution in [-0.2, 0) is 19.6 Å². The van der Waals surface area contributed by atoms with Gasteiger partial charge in [0.2, 0.25) is 0 Å². The van der Waals surface area contributed by atoms with Crippen molar-refractivity contribution >= 4 is 44.5 Å². The van der Waals surface area contributed by atoms with Crippen LogP contribution in [0.4, 0.5) is 5.69 Å². The molecule has 0 saturated heterocycles. The molecular weight excluding hydrogens is 378 g/mol. The van der Waals surface area contributed by atoms with Gasteiger partial charge in [-0.25, -0.2) is 13.2 Å². The fourth-order valence-corrected chi connectivity index (χ4v) is 4.98. The monoisotopic (exact) mass is 395 g/mol. The van der Waals surface area contributed by atoms with E-state index in [1.54, 1.807) is 18.2 Å². The van der Waals surface area contributed by atoms with Crippen LogP contribution in [0, 0.1) is 0 Å². The summed E-state index contributed by atoms with van der Waals surface area (Å²) in [5.41, 5.74) is 1.13. The molecule has 2 heterocycles. The Hall–Kier alpha value is -2.07. The lowest BCUT2D eigenvalue weighted by Crippen LogP contribution is -2.37. The largest absolute Gasteiger partial charge is 0.449 e. The third-order valence-corrected chi connectivity index (χ3v) is 6.59. The minimum atomic E-state index is -3.42. The number of amides is 1. The van der Waals surface area contributed by atoms with Crippen molar-refractivity contribution in [1.29, 1.82) is 0 Å². The van der Waals surface area contributed by atoms with Gasteiger partial charge in [-0.05, 0) is 49.7 Å².